The van der Waals surface area contributed by atoms with Crippen molar-refractivity contribution < 1.29 is 14.7 Å². The molecule has 0 radical (unpaired) electrons. The Kier molecular flexibility index (Phi) is 6.58. The molecule has 2 rings (SSSR count). The van der Waals surface area contributed by atoms with Crippen LogP contribution in [-0.4, -0.2) is 32.8 Å². The van der Waals surface area contributed by atoms with Crippen LogP contribution in [0.25, 0.3) is 5.69 Å². The lowest BCUT2D eigenvalue weighted by atomic mass is 10.0. The van der Waals surface area contributed by atoms with Crippen molar-refractivity contribution >= 4 is 23.5 Å². The first-order valence-electron chi connectivity index (χ1n) is 8.33. The van der Waals surface area contributed by atoms with Crippen LogP contribution in [0.4, 0.5) is 0 Å². The number of carbonyl (C=O) groups excluding carboxylic acids is 1. The summed E-state index contributed by atoms with van der Waals surface area (Å²) >= 11 is 6.05. The lowest BCUT2D eigenvalue weighted by molar-refractivity contribution is -0.139. The maximum absolute atomic E-state index is 12.7. The lowest BCUT2D eigenvalue weighted by Gasteiger charge is -2.16. The Morgan fingerprint density at radius 3 is 2.73 bits per heavy atom. The molecular formula is C19H22ClN3O3. The van der Waals surface area contributed by atoms with Crippen molar-refractivity contribution in [2.75, 3.05) is 0 Å². The molecule has 6 nitrogen and oxygen atoms in total. The number of hydrogen-bond acceptors (Lipinski definition) is 3. The third kappa shape index (κ3) is 4.52. The number of rotatable bonds is 8. The highest BCUT2D eigenvalue weighted by atomic mass is 35.5. The first kappa shape index (κ1) is 19.7. The average Bonchev–Trinajstić information content (AvgIpc) is 3.03. The summed E-state index contributed by atoms with van der Waals surface area (Å²) in [5, 5.41) is 16.8. The highest BCUT2D eigenvalue weighted by Gasteiger charge is 2.25. The van der Waals surface area contributed by atoms with Gasteiger partial charge in [0.25, 0.3) is 5.91 Å². The first-order valence-corrected chi connectivity index (χ1v) is 8.71. The second-order valence-electron chi connectivity index (χ2n) is 6.22. The van der Waals surface area contributed by atoms with Gasteiger partial charge in [0.1, 0.15) is 6.04 Å². The molecule has 0 aliphatic heterocycles. The number of carbonyl (C=O) groups is 2. The Labute approximate surface area is 157 Å². The summed E-state index contributed by atoms with van der Waals surface area (Å²) in [5.74, 6) is -1.54. The van der Waals surface area contributed by atoms with Gasteiger partial charge in [-0.15, -0.1) is 6.58 Å². The number of carboxylic acids is 1. The Bertz CT molecular complexity index is 814. The largest absolute Gasteiger partial charge is 0.480 e. The van der Waals surface area contributed by atoms with Gasteiger partial charge < -0.3 is 10.4 Å². The fraction of sp³-hybridized carbons (Fsp3) is 0.316. The molecule has 1 atom stereocenters. The summed E-state index contributed by atoms with van der Waals surface area (Å²) in [6.45, 7) is 7.47. The number of nitrogens with zero attached hydrogens (tertiary/aromatic N) is 2. The minimum Gasteiger partial charge on any atom is -0.480 e. The van der Waals surface area contributed by atoms with E-state index in [-0.39, 0.29) is 12.3 Å². The average molecular weight is 376 g/mol. The molecule has 0 bridgehead atoms. The predicted octanol–water partition coefficient (Wildman–Crippen LogP) is 3.80. The van der Waals surface area contributed by atoms with Crippen molar-refractivity contribution in [2.45, 2.75) is 38.6 Å². The quantitative estimate of drug-likeness (QED) is 0.687. The maximum Gasteiger partial charge on any atom is 0.326 e. The number of hydrogen-bond donors (Lipinski definition) is 2. The molecule has 1 aromatic carbocycles. The van der Waals surface area contributed by atoms with E-state index in [1.807, 2.05) is 19.9 Å². The fourth-order valence-corrected chi connectivity index (χ4v) is 2.86. The van der Waals surface area contributed by atoms with E-state index in [0.29, 0.717) is 22.7 Å². The van der Waals surface area contributed by atoms with Crippen LogP contribution in [0.1, 0.15) is 48.7 Å². The number of aliphatic carboxylic acids is 1. The van der Waals surface area contributed by atoms with E-state index >= 15 is 0 Å². The standard InChI is InChI=1S/C19H22ClN3O3/c1-4-5-9-16(19(25)26)22-18(24)15-11-21-23(17(15)12(2)3)14-8-6-7-13(20)10-14/h4,6-8,10-12,16H,1,5,9H2,2-3H3,(H,22,24)(H,25,26). The van der Waals surface area contributed by atoms with Gasteiger partial charge in [0.05, 0.1) is 23.1 Å². The SMILES string of the molecule is C=CCCC(NC(=O)c1cnn(-c2cccc(Cl)c2)c1C(C)C)C(=O)O. The van der Waals surface area contributed by atoms with Crippen LogP contribution >= 0.6 is 11.6 Å². The molecule has 0 aliphatic rings. The molecule has 0 saturated heterocycles. The highest BCUT2D eigenvalue weighted by molar-refractivity contribution is 6.30. The molecule has 1 amide bonds. The van der Waals surface area contributed by atoms with Gasteiger partial charge in [-0.1, -0.05) is 37.6 Å². The van der Waals surface area contributed by atoms with Gasteiger partial charge >= 0.3 is 5.97 Å². The molecule has 1 unspecified atom stereocenters. The van der Waals surface area contributed by atoms with Gasteiger partial charge in [-0.2, -0.15) is 5.10 Å². The van der Waals surface area contributed by atoms with E-state index in [1.54, 1.807) is 29.0 Å². The van der Waals surface area contributed by atoms with Crippen LogP contribution in [0, 0.1) is 0 Å². The van der Waals surface area contributed by atoms with Crippen LogP contribution < -0.4 is 5.32 Å². The van der Waals surface area contributed by atoms with Crippen LogP contribution in [0.5, 0.6) is 0 Å². The smallest absolute Gasteiger partial charge is 0.326 e. The fourth-order valence-electron chi connectivity index (χ4n) is 2.68. The Balaban J connectivity index is 2.36. The van der Waals surface area contributed by atoms with Crippen molar-refractivity contribution in [3.05, 3.63) is 59.4 Å². The maximum atomic E-state index is 12.7. The number of aromatic nitrogens is 2. The second-order valence-corrected chi connectivity index (χ2v) is 6.66. The van der Waals surface area contributed by atoms with Crippen molar-refractivity contribution in [3.8, 4) is 5.69 Å². The molecule has 2 aromatic rings. The predicted molar refractivity (Wildman–Crippen MR) is 101 cm³/mol. The van der Waals surface area contributed by atoms with Crippen LogP contribution in [-0.2, 0) is 4.79 Å². The number of carboxylic acid groups (broad SMARTS) is 1. The van der Waals surface area contributed by atoms with Crippen molar-refractivity contribution in [3.63, 3.8) is 0 Å². The van der Waals surface area contributed by atoms with Gasteiger partial charge in [0.2, 0.25) is 0 Å². The highest BCUT2D eigenvalue weighted by Crippen LogP contribution is 2.24. The van der Waals surface area contributed by atoms with Gasteiger partial charge in [-0.05, 0) is 37.0 Å². The summed E-state index contributed by atoms with van der Waals surface area (Å²) in [6.07, 6.45) is 3.86. The molecular weight excluding hydrogens is 354 g/mol. The normalized spacial score (nSPS) is 12.0. The Morgan fingerprint density at radius 1 is 1.42 bits per heavy atom. The summed E-state index contributed by atoms with van der Waals surface area (Å²) in [5.41, 5.74) is 1.78. The number of halogens is 1. The molecule has 26 heavy (non-hydrogen) atoms. The second kappa shape index (κ2) is 8.67. The van der Waals surface area contributed by atoms with E-state index in [0.717, 1.165) is 5.69 Å². The molecule has 0 spiro atoms. The monoisotopic (exact) mass is 375 g/mol. The molecule has 0 fully saturated rings. The number of allylic oxidation sites excluding steroid dienone is 1. The van der Waals surface area contributed by atoms with Gasteiger partial charge in [0, 0.05) is 5.02 Å². The third-order valence-corrected chi connectivity index (χ3v) is 4.15. The van der Waals surface area contributed by atoms with Crippen molar-refractivity contribution in [1.82, 2.24) is 15.1 Å². The molecule has 1 heterocycles. The minimum atomic E-state index is -1.08. The van der Waals surface area contributed by atoms with E-state index in [1.165, 1.54) is 6.20 Å². The molecule has 138 valence electrons. The van der Waals surface area contributed by atoms with Gasteiger partial charge in [0.15, 0.2) is 0 Å². The van der Waals surface area contributed by atoms with E-state index in [4.69, 9.17) is 11.6 Å². The summed E-state index contributed by atoms with van der Waals surface area (Å²) < 4.78 is 1.66. The van der Waals surface area contributed by atoms with Gasteiger partial charge in [-0.25, -0.2) is 9.48 Å². The third-order valence-electron chi connectivity index (χ3n) is 3.91. The molecule has 7 heteroatoms. The van der Waals surface area contributed by atoms with E-state index in [9.17, 15) is 14.7 Å². The molecule has 1 aromatic heterocycles. The zero-order valence-corrected chi connectivity index (χ0v) is 15.5. The van der Waals surface area contributed by atoms with Gasteiger partial charge in [-0.3, -0.25) is 4.79 Å². The Hall–Kier alpha value is -2.60. The molecule has 0 saturated carbocycles. The van der Waals surface area contributed by atoms with Crippen LogP contribution in [0.3, 0.4) is 0 Å². The number of nitrogens with one attached hydrogen (secondary N) is 1. The summed E-state index contributed by atoms with van der Waals surface area (Å²) in [7, 11) is 0. The first-order chi connectivity index (χ1) is 12.3. The van der Waals surface area contributed by atoms with E-state index in [2.05, 4.69) is 17.0 Å². The Morgan fingerprint density at radius 2 is 2.15 bits per heavy atom. The minimum absolute atomic E-state index is 0.00585. The zero-order chi connectivity index (χ0) is 19.3. The van der Waals surface area contributed by atoms with Crippen LogP contribution in [0.2, 0.25) is 5.02 Å². The summed E-state index contributed by atoms with van der Waals surface area (Å²) in [6, 6.07) is 6.19. The number of amides is 1. The van der Waals surface area contributed by atoms with Crippen LogP contribution in [0.15, 0.2) is 43.1 Å². The van der Waals surface area contributed by atoms with E-state index < -0.39 is 17.9 Å². The lowest BCUT2D eigenvalue weighted by Crippen LogP contribution is -2.41. The van der Waals surface area contributed by atoms with Crippen molar-refractivity contribution in [1.29, 1.82) is 0 Å². The van der Waals surface area contributed by atoms with Crippen molar-refractivity contribution in [2.24, 2.45) is 0 Å². The topological polar surface area (TPSA) is 84.2 Å². The molecule has 0 aliphatic carbocycles. The number of benzene rings is 1. The molecule has 2 N–H and O–H groups in total. The summed E-state index contributed by atoms with van der Waals surface area (Å²) in [4.78, 5) is 24.1. The zero-order valence-electron chi connectivity index (χ0n) is 14.8.